The van der Waals surface area contributed by atoms with E-state index in [-0.39, 0.29) is 84.5 Å². The molecule has 12 nitrogen and oxygen atoms in total. The predicted octanol–water partition coefficient (Wildman–Crippen LogP) is 2.58. The van der Waals surface area contributed by atoms with Crippen LogP contribution in [0.4, 0.5) is 5.69 Å². The van der Waals surface area contributed by atoms with Crippen molar-refractivity contribution in [1.29, 1.82) is 0 Å². The third-order valence-electron chi connectivity index (χ3n) is 15.5. The Labute approximate surface area is 317 Å². The van der Waals surface area contributed by atoms with E-state index in [0.29, 0.717) is 25.9 Å². The van der Waals surface area contributed by atoms with Crippen LogP contribution in [-0.2, 0) is 33.3 Å². The number of likely N-dealkylation sites (N-methyl/N-ethyl adjacent to an activating group) is 1. The van der Waals surface area contributed by atoms with Crippen LogP contribution in [-0.4, -0.2) is 141 Å². The number of hydrogen-bond acceptors (Lipinski definition) is 11. The molecule has 2 N–H and O–H groups in total. The summed E-state index contributed by atoms with van der Waals surface area (Å²) in [5.41, 5.74) is -4.08. The van der Waals surface area contributed by atoms with Gasteiger partial charge in [0.15, 0.2) is 0 Å². The van der Waals surface area contributed by atoms with Gasteiger partial charge < -0.3 is 9.47 Å². The topological polar surface area (TPSA) is 144 Å². The number of fused-ring (bicyclic) bond motifs is 2. The van der Waals surface area contributed by atoms with Crippen LogP contribution in [0.2, 0.25) is 14.8 Å². The van der Waals surface area contributed by atoms with E-state index in [2.05, 4.69) is 26.6 Å². The first kappa shape index (κ1) is 38.2. The minimum absolute atomic E-state index is 0.0404. The Morgan fingerprint density at radius 2 is 1.77 bits per heavy atom. The Bertz CT molecular complexity index is 1700. The minimum Gasteiger partial charge on any atom is -0.381 e. The number of amides is 2. The van der Waals surface area contributed by atoms with Crippen molar-refractivity contribution < 1.29 is 48.3 Å². The van der Waals surface area contributed by atoms with Crippen molar-refractivity contribution in [2.24, 2.45) is 40.4 Å². The number of carbonyl (C=O) groups is 3. The van der Waals surface area contributed by atoms with E-state index >= 15 is 0 Å². The summed E-state index contributed by atoms with van der Waals surface area (Å²) in [6.45, 7) is 5.00. The van der Waals surface area contributed by atoms with Crippen molar-refractivity contribution in [2.75, 3.05) is 53.0 Å². The molecule has 1 aromatic carbocycles. The van der Waals surface area contributed by atoms with Gasteiger partial charge in [0.1, 0.15) is 0 Å². The van der Waals surface area contributed by atoms with E-state index in [4.69, 9.17) is 23.7 Å². The maximum absolute atomic E-state index is 14.6. The van der Waals surface area contributed by atoms with Crippen molar-refractivity contribution in [3.05, 3.63) is 23.8 Å². The molecule has 8 rings (SSSR count). The van der Waals surface area contributed by atoms with Gasteiger partial charge in [0.25, 0.3) is 0 Å². The van der Waals surface area contributed by atoms with E-state index in [1.807, 2.05) is 12.1 Å². The summed E-state index contributed by atoms with van der Waals surface area (Å²) in [6.07, 6.45) is 0.817. The SMILES string of the molecule is CCN1C[C@]2(COC(=O)c3c[c]([Sn]([CH3])([CH3])[CH3])ccc3N3C(=O)C[C@H](C)C3=O)CC[C@H](OC)[C@@]34C2C(OC)[C@](O)(C13)[C@@]1(O)C[C@H](OC)[C@H]2C[C@@H]4[C@@H]1[C@H]2OC. The van der Waals surface area contributed by atoms with Crippen LogP contribution in [0.15, 0.2) is 18.2 Å². The molecule has 2 saturated heterocycles. The summed E-state index contributed by atoms with van der Waals surface area (Å²) in [7, 11) is 6.74. The van der Waals surface area contributed by atoms with E-state index in [1.165, 1.54) is 0 Å². The van der Waals surface area contributed by atoms with Gasteiger partial charge in [0.05, 0.1) is 6.10 Å². The van der Waals surface area contributed by atoms with Crippen molar-refractivity contribution in [1.82, 2.24) is 4.90 Å². The fraction of sp³-hybridized carbons (Fsp3) is 0.775. The first-order chi connectivity index (χ1) is 25.0. The summed E-state index contributed by atoms with van der Waals surface area (Å²) in [4.78, 5) is 51.2. The third kappa shape index (κ3) is 4.69. The Balaban J connectivity index is 1.24. The Kier molecular flexibility index (Phi) is 9.14. The van der Waals surface area contributed by atoms with Gasteiger partial charge in [-0.25, -0.2) is 0 Å². The number of ether oxygens (including phenoxy) is 5. The molecule has 2 aliphatic heterocycles. The standard InChI is InChI=1S/C37H49N2O10.3CH3.Sn/c1-7-38-17-34(18-49-32(42)20-10-8-9-11-23(20)39-26(40)14-19(2)31(39)41)13-12-25(46-4)36-22-15-21-24(45-3)16-35(43,27(22)28(21)47-5)37(44,33(36)38)30(48-6)29(34)36;;;;/h9-11,19,21-22,24-25,27-30,33,43-44H,7,12-18H2,1-6H3;3*1H3;/t19-,21+,22+,24-,25-,27+,28-,29?,30?,33?,34-,35+,36-,37-;;;;/m0..../s1. The average molecular weight is 846 g/mol. The van der Waals surface area contributed by atoms with Gasteiger partial charge in [-0.1, -0.05) is 0 Å². The molecule has 1 spiro atoms. The second-order valence-corrected chi connectivity index (χ2v) is 32.9. The number of piperidine rings is 1. The number of rotatable bonds is 10. The second kappa shape index (κ2) is 12.7. The molecule has 2 heterocycles. The zero-order valence-electron chi connectivity index (χ0n) is 32.7. The van der Waals surface area contributed by atoms with Crippen LogP contribution in [0, 0.1) is 40.4 Å². The third-order valence-corrected chi connectivity index (χ3v) is 21.3. The molecule has 7 fully saturated rings. The number of anilines is 1. The number of hydrogen-bond donors (Lipinski definition) is 2. The molecule has 292 valence electrons. The molecule has 5 saturated carbocycles. The molecule has 53 heavy (non-hydrogen) atoms. The zero-order chi connectivity index (χ0) is 38.2. The van der Waals surface area contributed by atoms with Crippen LogP contribution in [0.1, 0.15) is 56.3 Å². The van der Waals surface area contributed by atoms with Crippen molar-refractivity contribution >= 4 is 45.4 Å². The molecule has 2 amide bonds. The van der Waals surface area contributed by atoms with E-state index in [0.717, 1.165) is 14.9 Å². The van der Waals surface area contributed by atoms with Gasteiger partial charge in [-0.2, -0.15) is 0 Å². The number of likely N-dealkylation sites (tertiary alicyclic amines) is 1. The molecule has 7 bridgehead atoms. The first-order valence-electron chi connectivity index (χ1n) is 19.5. The first-order valence-corrected chi connectivity index (χ1v) is 29.5. The summed E-state index contributed by atoms with van der Waals surface area (Å²) < 4.78 is 32.8. The van der Waals surface area contributed by atoms with Crippen LogP contribution < -0.4 is 8.48 Å². The number of carbonyl (C=O) groups excluding carboxylic acids is 3. The monoisotopic (exact) mass is 846 g/mol. The molecule has 7 aliphatic rings. The fourth-order valence-corrected chi connectivity index (χ4v) is 17.0. The maximum atomic E-state index is 14.6. The average Bonchev–Trinajstić information content (AvgIpc) is 3.65. The van der Waals surface area contributed by atoms with Gasteiger partial charge in [-0.15, -0.1) is 0 Å². The second-order valence-electron chi connectivity index (χ2n) is 18.4. The molecule has 1 aromatic rings. The number of imide groups is 1. The number of methoxy groups -OCH3 is 4. The minimum atomic E-state index is -2.74. The summed E-state index contributed by atoms with van der Waals surface area (Å²) in [5.74, 6) is -2.40. The summed E-state index contributed by atoms with van der Waals surface area (Å²) in [6, 6.07) is 5.08. The van der Waals surface area contributed by atoms with Crippen molar-refractivity contribution in [3.8, 4) is 0 Å². The number of nitrogens with zero attached hydrogens (tertiary/aromatic N) is 2. The normalized spacial score (nSPS) is 45.6. The van der Waals surface area contributed by atoms with Crippen LogP contribution in [0.3, 0.4) is 0 Å². The van der Waals surface area contributed by atoms with E-state index in [9.17, 15) is 24.6 Å². The number of esters is 1. The van der Waals surface area contributed by atoms with Crippen LogP contribution >= 0.6 is 0 Å². The molecule has 5 aliphatic carbocycles. The molecule has 14 atom stereocenters. The number of benzene rings is 1. The van der Waals surface area contributed by atoms with Gasteiger partial charge in [-0.3, -0.25) is 0 Å². The van der Waals surface area contributed by atoms with Crippen LogP contribution in [0.5, 0.6) is 0 Å². The van der Waals surface area contributed by atoms with Crippen LogP contribution in [0.25, 0.3) is 0 Å². The molecule has 3 unspecified atom stereocenters. The van der Waals surface area contributed by atoms with Gasteiger partial charge >= 0.3 is 288 Å². The molecule has 13 heteroatoms. The van der Waals surface area contributed by atoms with E-state index in [1.54, 1.807) is 41.4 Å². The zero-order valence-corrected chi connectivity index (χ0v) is 35.6. The summed E-state index contributed by atoms with van der Waals surface area (Å²) in [5, 5.41) is 26.8. The Morgan fingerprint density at radius 1 is 1.04 bits per heavy atom. The molecular formula is C40H58N2O10Sn. The molecule has 0 radical (unpaired) electrons. The Morgan fingerprint density at radius 3 is 2.36 bits per heavy atom. The quantitative estimate of drug-likeness (QED) is 0.204. The van der Waals surface area contributed by atoms with Crippen molar-refractivity contribution in [3.63, 3.8) is 0 Å². The van der Waals surface area contributed by atoms with E-state index < -0.39 is 64.4 Å². The summed E-state index contributed by atoms with van der Waals surface area (Å²) >= 11 is -2.74. The van der Waals surface area contributed by atoms with Gasteiger partial charge in [0.2, 0.25) is 0 Å². The predicted molar refractivity (Wildman–Crippen MR) is 197 cm³/mol. The fourth-order valence-electron chi connectivity index (χ4n) is 13.7. The van der Waals surface area contributed by atoms with Gasteiger partial charge in [0, 0.05) is 14.2 Å². The van der Waals surface area contributed by atoms with Gasteiger partial charge in [-0.05, 0) is 0 Å². The molecular weight excluding hydrogens is 787 g/mol. The Hall–Kier alpha value is -1.65. The number of aliphatic hydroxyl groups is 2. The van der Waals surface area contributed by atoms with Crippen molar-refractivity contribution in [2.45, 2.75) is 102 Å². The smallest absolute Gasteiger partial charge is 0.381 e. The molecule has 0 aromatic heterocycles.